The lowest BCUT2D eigenvalue weighted by molar-refractivity contribution is 0.147. The van der Waals surface area contributed by atoms with Crippen LogP contribution in [0.5, 0.6) is 5.88 Å². The maximum atomic E-state index is 6.02. The number of anilines is 1. The number of nitrogens with zero attached hydrogens (tertiary/aromatic N) is 2. The molecule has 100 valence electrons. The minimum absolute atomic E-state index is 0.339. The standard InChI is InChI=1S/C14H23N3O/c1-3-9-15-14-16-10-11(2)13(17-14)18-12-7-5-4-6-8-12/h10,12H,3-9H2,1-2H3,(H,15,16,17). The molecule has 1 heterocycles. The topological polar surface area (TPSA) is 47.0 Å². The normalized spacial score (nSPS) is 16.6. The van der Waals surface area contributed by atoms with Crippen LogP contribution in [0.3, 0.4) is 0 Å². The maximum Gasteiger partial charge on any atom is 0.225 e. The van der Waals surface area contributed by atoms with Gasteiger partial charge in [-0.2, -0.15) is 4.98 Å². The Bertz CT molecular complexity index is 375. The van der Waals surface area contributed by atoms with Crippen LogP contribution in [0.1, 0.15) is 51.0 Å². The Morgan fingerprint density at radius 1 is 1.33 bits per heavy atom. The summed E-state index contributed by atoms with van der Waals surface area (Å²) >= 11 is 0. The van der Waals surface area contributed by atoms with E-state index >= 15 is 0 Å². The summed E-state index contributed by atoms with van der Waals surface area (Å²) in [5, 5.41) is 3.20. The number of hydrogen-bond acceptors (Lipinski definition) is 4. The quantitative estimate of drug-likeness (QED) is 0.869. The molecule has 0 bridgehead atoms. The second-order valence-electron chi connectivity index (χ2n) is 4.99. The lowest BCUT2D eigenvalue weighted by Crippen LogP contribution is -2.21. The monoisotopic (exact) mass is 249 g/mol. The minimum atomic E-state index is 0.339. The highest BCUT2D eigenvalue weighted by molar-refractivity contribution is 5.32. The van der Waals surface area contributed by atoms with Crippen LogP contribution >= 0.6 is 0 Å². The number of hydrogen-bond donors (Lipinski definition) is 1. The molecule has 0 aromatic carbocycles. The number of ether oxygens (including phenoxy) is 1. The van der Waals surface area contributed by atoms with Gasteiger partial charge >= 0.3 is 0 Å². The van der Waals surface area contributed by atoms with Gasteiger partial charge in [0.15, 0.2) is 0 Å². The Hall–Kier alpha value is -1.32. The molecule has 0 saturated heterocycles. The summed E-state index contributed by atoms with van der Waals surface area (Å²) in [7, 11) is 0. The Kier molecular flexibility index (Phi) is 4.79. The van der Waals surface area contributed by atoms with E-state index < -0.39 is 0 Å². The Labute approximate surface area is 109 Å². The number of aromatic nitrogens is 2. The van der Waals surface area contributed by atoms with Gasteiger partial charge in [-0.3, -0.25) is 0 Å². The van der Waals surface area contributed by atoms with Crippen molar-refractivity contribution in [2.75, 3.05) is 11.9 Å². The molecule has 0 spiro atoms. The summed E-state index contributed by atoms with van der Waals surface area (Å²) in [6.45, 7) is 5.02. The Morgan fingerprint density at radius 2 is 2.11 bits per heavy atom. The molecule has 1 aromatic rings. The van der Waals surface area contributed by atoms with E-state index in [0.29, 0.717) is 12.1 Å². The molecule has 1 aliphatic rings. The molecule has 0 amide bonds. The fourth-order valence-corrected chi connectivity index (χ4v) is 2.21. The summed E-state index contributed by atoms with van der Waals surface area (Å²) in [4.78, 5) is 8.73. The molecule has 0 unspecified atom stereocenters. The molecule has 1 aliphatic carbocycles. The lowest BCUT2D eigenvalue weighted by Gasteiger charge is -2.23. The van der Waals surface area contributed by atoms with E-state index in [1.54, 1.807) is 0 Å². The van der Waals surface area contributed by atoms with Crippen molar-refractivity contribution in [3.05, 3.63) is 11.8 Å². The number of nitrogens with one attached hydrogen (secondary N) is 1. The molecule has 18 heavy (non-hydrogen) atoms. The van der Waals surface area contributed by atoms with Crippen LogP contribution in [0.15, 0.2) is 6.20 Å². The van der Waals surface area contributed by atoms with Gasteiger partial charge in [-0.05, 0) is 39.0 Å². The molecule has 1 aromatic heterocycles. The highest BCUT2D eigenvalue weighted by atomic mass is 16.5. The highest BCUT2D eigenvalue weighted by Crippen LogP contribution is 2.24. The van der Waals surface area contributed by atoms with Gasteiger partial charge in [0.2, 0.25) is 11.8 Å². The van der Waals surface area contributed by atoms with Crippen LogP contribution in [-0.4, -0.2) is 22.6 Å². The van der Waals surface area contributed by atoms with E-state index in [9.17, 15) is 0 Å². The van der Waals surface area contributed by atoms with Crippen molar-refractivity contribution in [2.45, 2.75) is 58.5 Å². The van der Waals surface area contributed by atoms with Crippen LogP contribution in [-0.2, 0) is 0 Å². The van der Waals surface area contributed by atoms with Crippen LogP contribution in [0.4, 0.5) is 5.95 Å². The first-order chi connectivity index (χ1) is 8.79. The van der Waals surface area contributed by atoms with Crippen molar-refractivity contribution >= 4 is 5.95 Å². The van der Waals surface area contributed by atoms with E-state index in [1.165, 1.54) is 19.3 Å². The zero-order valence-corrected chi connectivity index (χ0v) is 11.4. The van der Waals surface area contributed by atoms with Gasteiger partial charge in [-0.1, -0.05) is 13.3 Å². The third kappa shape index (κ3) is 3.59. The maximum absolute atomic E-state index is 6.02. The van der Waals surface area contributed by atoms with E-state index in [2.05, 4.69) is 22.2 Å². The van der Waals surface area contributed by atoms with Crippen molar-refractivity contribution in [3.8, 4) is 5.88 Å². The van der Waals surface area contributed by atoms with Crippen LogP contribution in [0.2, 0.25) is 0 Å². The van der Waals surface area contributed by atoms with Crippen LogP contribution in [0, 0.1) is 6.92 Å². The number of aryl methyl sites for hydroxylation is 1. The molecular formula is C14H23N3O. The van der Waals surface area contributed by atoms with Gasteiger partial charge in [-0.25, -0.2) is 4.98 Å². The Morgan fingerprint density at radius 3 is 2.83 bits per heavy atom. The van der Waals surface area contributed by atoms with E-state index in [0.717, 1.165) is 37.3 Å². The summed E-state index contributed by atoms with van der Waals surface area (Å²) < 4.78 is 6.02. The lowest BCUT2D eigenvalue weighted by atomic mass is 9.98. The summed E-state index contributed by atoms with van der Waals surface area (Å²) in [6, 6.07) is 0. The molecule has 1 N–H and O–H groups in total. The smallest absolute Gasteiger partial charge is 0.225 e. The molecule has 1 fully saturated rings. The second-order valence-corrected chi connectivity index (χ2v) is 4.99. The Balaban J connectivity index is 2.00. The average Bonchev–Trinajstić information content (AvgIpc) is 2.41. The van der Waals surface area contributed by atoms with Crippen molar-refractivity contribution < 1.29 is 4.74 Å². The zero-order valence-electron chi connectivity index (χ0n) is 11.4. The van der Waals surface area contributed by atoms with E-state index in [-0.39, 0.29) is 0 Å². The molecular weight excluding hydrogens is 226 g/mol. The van der Waals surface area contributed by atoms with Crippen LogP contribution < -0.4 is 10.1 Å². The largest absolute Gasteiger partial charge is 0.474 e. The first kappa shape index (κ1) is 13.1. The van der Waals surface area contributed by atoms with Crippen molar-refractivity contribution in [1.29, 1.82) is 0 Å². The predicted octanol–water partition coefficient (Wildman–Crippen LogP) is 3.32. The third-order valence-electron chi connectivity index (χ3n) is 3.29. The molecule has 4 nitrogen and oxygen atoms in total. The first-order valence-corrected chi connectivity index (χ1v) is 7.03. The molecule has 2 rings (SSSR count). The van der Waals surface area contributed by atoms with E-state index in [1.807, 2.05) is 13.1 Å². The number of rotatable bonds is 5. The fourth-order valence-electron chi connectivity index (χ4n) is 2.21. The van der Waals surface area contributed by atoms with Crippen molar-refractivity contribution in [1.82, 2.24) is 9.97 Å². The average molecular weight is 249 g/mol. The van der Waals surface area contributed by atoms with Gasteiger partial charge < -0.3 is 10.1 Å². The minimum Gasteiger partial charge on any atom is -0.474 e. The van der Waals surface area contributed by atoms with Crippen molar-refractivity contribution in [3.63, 3.8) is 0 Å². The molecule has 0 radical (unpaired) electrons. The second kappa shape index (κ2) is 6.57. The first-order valence-electron chi connectivity index (χ1n) is 7.03. The molecule has 4 heteroatoms. The molecule has 1 saturated carbocycles. The van der Waals surface area contributed by atoms with Gasteiger partial charge in [0.05, 0.1) is 0 Å². The summed E-state index contributed by atoms with van der Waals surface area (Å²) in [5.41, 5.74) is 1.02. The highest BCUT2D eigenvalue weighted by Gasteiger charge is 2.16. The molecule has 0 aliphatic heterocycles. The summed E-state index contributed by atoms with van der Waals surface area (Å²) in [5.74, 6) is 1.42. The molecule has 0 atom stereocenters. The fraction of sp³-hybridized carbons (Fsp3) is 0.714. The zero-order chi connectivity index (χ0) is 12.8. The third-order valence-corrected chi connectivity index (χ3v) is 3.29. The SMILES string of the molecule is CCCNc1ncc(C)c(OC2CCCCC2)n1. The van der Waals surface area contributed by atoms with Gasteiger partial charge in [0.1, 0.15) is 6.10 Å². The van der Waals surface area contributed by atoms with Crippen LogP contribution in [0.25, 0.3) is 0 Å². The van der Waals surface area contributed by atoms with Crippen molar-refractivity contribution in [2.24, 2.45) is 0 Å². The summed E-state index contributed by atoms with van der Waals surface area (Å²) in [6.07, 6.45) is 9.44. The van der Waals surface area contributed by atoms with E-state index in [4.69, 9.17) is 4.74 Å². The predicted molar refractivity (Wildman–Crippen MR) is 73.1 cm³/mol. The van der Waals surface area contributed by atoms with Gasteiger partial charge in [0.25, 0.3) is 0 Å². The van der Waals surface area contributed by atoms with Gasteiger partial charge in [0, 0.05) is 18.3 Å². The van der Waals surface area contributed by atoms with Gasteiger partial charge in [-0.15, -0.1) is 0 Å².